The van der Waals surface area contributed by atoms with Crippen LogP contribution in [0.5, 0.6) is 5.75 Å². The van der Waals surface area contributed by atoms with Gasteiger partial charge in [0.05, 0.1) is 5.56 Å². The van der Waals surface area contributed by atoms with E-state index in [2.05, 4.69) is 5.32 Å². The fourth-order valence-electron chi connectivity index (χ4n) is 5.01. The normalized spacial score (nSPS) is 21.2. The van der Waals surface area contributed by atoms with Crippen molar-refractivity contribution in [2.24, 2.45) is 5.41 Å². The number of amides is 2. The Labute approximate surface area is 203 Å². The van der Waals surface area contributed by atoms with Gasteiger partial charge in [0.15, 0.2) is 6.10 Å². The summed E-state index contributed by atoms with van der Waals surface area (Å²) in [6.07, 6.45) is -0.0195. The molecule has 2 amide bonds. The van der Waals surface area contributed by atoms with E-state index in [1.807, 2.05) is 24.3 Å². The predicted molar refractivity (Wildman–Crippen MR) is 126 cm³/mol. The summed E-state index contributed by atoms with van der Waals surface area (Å²) >= 11 is 0. The van der Waals surface area contributed by atoms with Crippen molar-refractivity contribution >= 4 is 11.8 Å². The number of rotatable bonds is 1. The van der Waals surface area contributed by atoms with Gasteiger partial charge in [0.25, 0.3) is 11.8 Å². The monoisotopic (exact) mass is 488 g/mol. The average molecular weight is 489 g/mol. The number of hydrogen-bond donors (Lipinski definition) is 1. The summed E-state index contributed by atoms with van der Waals surface area (Å²) in [6.45, 7) is 3.12. The number of fused-ring (bicyclic) bond motifs is 1. The number of hydrogen-bond acceptors (Lipinski definition) is 3. The number of nitrogens with zero attached hydrogens (tertiary/aromatic N) is 1. The van der Waals surface area contributed by atoms with Gasteiger partial charge in [0.2, 0.25) is 0 Å². The van der Waals surface area contributed by atoms with E-state index in [-0.39, 0.29) is 22.8 Å². The third-order valence-corrected chi connectivity index (χ3v) is 7.23. The van der Waals surface area contributed by atoms with Crippen molar-refractivity contribution in [2.75, 3.05) is 19.6 Å². The largest absolute Gasteiger partial charge is 0.481 e. The Kier molecular flexibility index (Phi) is 7.38. The van der Waals surface area contributed by atoms with Crippen molar-refractivity contribution in [3.63, 3.8) is 0 Å². The number of aryl methyl sites for hydroxylation is 1. The van der Waals surface area contributed by atoms with Gasteiger partial charge in [-0.2, -0.15) is 13.2 Å². The summed E-state index contributed by atoms with van der Waals surface area (Å²) in [5.74, 6) is 0.177. The molecule has 1 spiro atoms. The molecule has 35 heavy (non-hydrogen) atoms. The lowest BCUT2D eigenvalue weighted by molar-refractivity contribution is -0.137. The van der Waals surface area contributed by atoms with Crippen LogP contribution in [0.4, 0.5) is 13.2 Å². The van der Waals surface area contributed by atoms with Gasteiger partial charge in [0, 0.05) is 25.2 Å². The number of piperidine rings is 1. The van der Waals surface area contributed by atoms with Crippen LogP contribution in [-0.2, 0) is 17.4 Å². The second-order valence-electron chi connectivity index (χ2n) is 9.66. The first kappa shape index (κ1) is 25.1. The van der Waals surface area contributed by atoms with Gasteiger partial charge in [-0.05, 0) is 74.3 Å². The first-order chi connectivity index (χ1) is 16.7. The smallest absolute Gasteiger partial charge is 0.416 e. The van der Waals surface area contributed by atoms with E-state index in [0.29, 0.717) is 32.5 Å². The Morgan fingerprint density at radius 2 is 1.80 bits per heavy atom. The highest BCUT2D eigenvalue weighted by atomic mass is 19.4. The Balaban J connectivity index is 1.43. The van der Waals surface area contributed by atoms with E-state index in [1.165, 1.54) is 12.1 Å². The quantitative estimate of drug-likeness (QED) is 0.598. The van der Waals surface area contributed by atoms with E-state index < -0.39 is 17.8 Å². The number of carbonyl (C=O) groups is 2. The van der Waals surface area contributed by atoms with Gasteiger partial charge < -0.3 is 15.0 Å². The Bertz CT molecular complexity index is 1060. The molecule has 1 saturated heterocycles. The molecule has 1 atom stereocenters. The molecular formula is C27H31F3N2O3. The summed E-state index contributed by atoms with van der Waals surface area (Å²) in [5.41, 5.74) is 0.158. The van der Waals surface area contributed by atoms with Gasteiger partial charge in [-0.3, -0.25) is 9.59 Å². The second-order valence-corrected chi connectivity index (χ2v) is 9.66. The van der Waals surface area contributed by atoms with Crippen molar-refractivity contribution in [3.8, 4) is 5.75 Å². The zero-order valence-corrected chi connectivity index (χ0v) is 19.9. The van der Waals surface area contributed by atoms with Gasteiger partial charge in [0.1, 0.15) is 5.75 Å². The van der Waals surface area contributed by atoms with Gasteiger partial charge in [-0.15, -0.1) is 0 Å². The van der Waals surface area contributed by atoms with E-state index in [1.54, 1.807) is 11.8 Å². The minimum Gasteiger partial charge on any atom is -0.481 e. The lowest BCUT2D eigenvalue weighted by Gasteiger charge is -2.42. The number of halogens is 3. The molecule has 2 aromatic carbocycles. The zero-order valence-electron chi connectivity index (χ0n) is 19.9. The summed E-state index contributed by atoms with van der Waals surface area (Å²) < 4.78 is 45.2. The molecule has 2 aliphatic heterocycles. The van der Waals surface area contributed by atoms with Crippen molar-refractivity contribution in [3.05, 3.63) is 65.2 Å². The van der Waals surface area contributed by atoms with Crippen molar-refractivity contribution in [2.45, 2.75) is 57.7 Å². The highest BCUT2D eigenvalue weighted by molar-refractivity contribution is 5.94. The fraction of sp³-hybridized carbons (Fsp3) is 0.481. The first-order valence-corrected chi connectivity index (χ1v) is 12.2. The summed E-state index contributed by atoms with van der Waals surface area (Å²) in [4.78, 5) is 27.3. The van der Waals surface area contributed by atoms with E-state index in [9.17, 15) is 22.8 Å². The molecule has 1 N–H and O–H groups in total. The highest BCUT2D eigenvalue weighted by Gasteiger charge is 2.37. The first-order valence-electron chi connectivity index (χ1n) is 12.2. The van der Waals surface area contributed by atoms with Crippen LogP contribution in [0.15, 0.2) is 48.5 Å². The molecule has 5 nitrogen and oxygen atoms in total. The number of nitrogens with one attached hydrogen (secondary N) is 1. The van der Waals surface area contributed by atoms with Crippen molar-refractivity contribution in [1.29, 1.82) is 0 Å². The van der Waals surface area contributed by atoms with Crippen LogP contribution in [-0.4, -0.2) is 42.5 Å². The lowest BCUT2D eigenvalue weighted by Crippen LogP contribution is -2.49. The molecular weight excluding hydrogens is 457 g/mol. The summed E-state index contributed by atoms with van der Waals surface area (Å²) in [7, 11) is 0. The molecule has 0 radical (unpaired) electrons. The van der Waals surface area contributed by atoms with Crippen LogP contribution >= 0.6 is 0 Å². The third kappa shape index (κ3) is 5.97. The molecule has 0 saturated carbocycles. The van der Waals surface area contributed by atoms with Gasteiger partial charge in [-0.25, -0.2) is 0 Å². The number of benzene rings is 2. The topological polar surface area (TPSA) is 58.6 Å². The minimum absolute atomic E-state index is 0.0485. The molecule has 0 aromatic heterocycles. The van der Waals surface area contributed by atoms with E-state index in [0.717, 1.165) is 49.1 Å². The maximum atomic E-state index is 13.1. The maximum absolute atomic E-state index is 13.1. The summed E-state index contributed by atoms with van der Waals surface area (Å²) in [6, 6.07) is 12.4. The summed E-state index contributed by atoms with van der Waals surface area (Å²) in [5, 5.41) is 3.05. The SMILES string of the molecule is C[C@H]1Oc2ccccc2CCCCC2(CCN(C(=O)c3cccc(C(F)(F)F)c3)CC2)CNC1=O. The average Bonchev–Trinajstić information content (AvgIpc) is 2.85. The molecule has 0 unspecified atom stereocenters. The van der Waals surface area contributed by atoms with Crippen molar-refractivity contribution < 1.29 is 27.5 Å². The van der Waals surface area contributed by atoms with Crippen LogP contribution in [0, 0.1) is 5.41 Å². The van der Waals surface area contributed by atoms with E-state index in [4.69, 9.17) is 4.74 Å². The van der Waals surface area contributed by atoms with E-state index >= 15 is 0 Å². The molecule has 2 aliphatic rings. The van der Waals surface area contributed by atoms with Gasteiger partial charge >= 0.3 is 6.18 Å². The Morgan fingerprint density at radius 1 is 1.06 bits per heavy atom. The third-order valence-electron chi connectivity index (χ3n) is 7.23. The number of para-hydroxylation sites is 1. The zero-order chi connectivity index (χ0) is 25.1. The predicted octanol–water partition coefficient (Wildman–Crippen LogP) is 5.24. The fourth-order valence-corrected chi connectivity index (χ4v) is 5.01. The van der Waals surface area contributed by atoms with Gasteiger partial charge in [-0.1, -0.05) is 30.7 Å². The number of carbonyl (C=O) groups excluding carboxylic acids is 2. The molecule has 8 heteroatoms. The van der Waals surface area contributed by atoms with Crippen LogP contribution < -0.4 is 10.1 Å². The Hall–Kier alpha value is -3.03. The van der Waals surface area contributed by atoms with Crippen LogP contribution in [0.2, 0.25) is 0 Å². The number of alkyl halides is 3. The van der Waals surface area contributed by atoms with Crippen LogP contribution in [0.25, 0.3) is 0 Å². The second kappa shape index (κ2) is 10.3. The molecule has 2 aromatic rings. The lowest BCUT2D eigenvalue weighted by atomic mass is 9.74. The molecule has 0 bridgehead atoms. The molecule has 0 aliphatic carbocycles. The van der Waals surface area contributed by atoms with Crippen LogP contribution in [0.3, 0.4) is 0 Å². The minimum atomic E-state index is -4.49. The number of likely N-dealkylation sites (tertiary alicyclic amines) is 1. The maximum Gasteiger partial charge on any atom is 0.416 e. The molecule has 4 rings (SSSR count). The molecule has 2 heterocycles. The molecule has 1 fully saturated rings. The number of ether oxygens (including phenoxy) is 1. The highest BCUT2D eigenvalue weighted by Crippen LogP contribution is 2.38. The van der Waals surface area contributed by atoms with Crippen molar-refractivity contribution in [1.82, 2.24) is 10.2 Å². The van der Waals surface area contributed by atoms with Crippen LogP contribution in [0.1, 0.15) is 60.5 Å². The molecule has 188 valence electrons. The standard InChI is InChI=1S/C27H31F3N2O3/c1-19-24(33)31-18-26(12-5-4-8-20-7-2-3-11-23(20)35-19)13-15-32(16-14-26)25(34)21-9-6-10-22(17-21)27(28,29)30/h2-3,6-7,9-11,17,19H,4-5,8,12-16,18H2,1H3,(H,31,33)/t19-/m1/s1. The Morgan fingerprint density at radius 3 is 2.54 bits per heavy atom.